The second-order valence-electron chi connectivity index (χ2n) is 5.48. The van der Waals surface area contributed by atoms with Crippen molar-refractivity contribution in [3.05, 3.63) is 29.8 Å². The minimum Gasteiger partial charge on any atom is -0.497 e. The monoisotopic (exact) mass is 292 g/mol. The van der Waals surface area contributed by atoms with Crippen LogP contribution in [0, 0.1) is 0 Å². The molecular weight excluding hydrogens is 268 g/mol. The lowest BCUT2D eigenvalue weighted by atomic mass is 10.0. The number of benzene rings is 1. The van der Waals surface area contributed by atoms with E-state index in [0.29, 0.717) is 13.1 Å². The van der Waals surface area contributed by atoms with Gasteiger partial charge in [0.05, 0.1) is 26.3 Å². The van der Waals surface area contributed by atoms with Gasteiger partial charge in [0.1, 0.15) is 5.75 Å². The summed E-state index contributed by atoms with van der Waals surface area (Å²) in [6, 6.07) is 8.10. The molecule has 0 bridgehead atoms. The molecule has 1 heterocycles. The predicted molar refractivity (Wildman–Crippen MR) is 81.3 cm³/mol. The molecule has 0 saturated carbocycles. The predicted octanol–water partition coefficient (Wildman–Crippen LogP) is 1.28. The highest BCUT2D eigenvalue weighted by molar-refractivity contribution is 5.79. The van der Waals surface area contributed by atoms with Crippen LogP contribution in [0.15, 0.2) is 24.3 Å². The minimum atomic E-state index is 0.0751. The number of nitrogens with zero attached hydrogens (tertiary/aromatic N) is 2. The zero-order valence-corrected chi connectivity index (χ0v) is 12.8. The van der Waals surface area contributed by atoms with Crippen LogP contribution in [0.2, 0.25) is 0 Å². The number of amides is 1. The van der Waals surface area contributed by atoms with Crippen LogP contribution in [0.3, 0.4) is 0 Å². The first-order valence-corrected chi connectivity index (χ1v) is 7.38. The van der Waals surface area contributed by atoms with Crippen LogP contribution in [0.25, 0.3) is 0 Å². The van der Waals surface area contributed by atoms with E-state index in [-0.39, 0.29) is 18.6 Å². The largest absolute Gasteiger partial charge is 0.497 e. The molecule has 0 radical (unpaired) electrons. The van der Waals surface area contributed by atoms with Gasteiger partial charge >= 0.3 is 0 Å². The van der Waals surface area contributed by atoms with Gasteiger partial charge in [0.2, 0.25) is 5.91 Å². The maximum absolute atomic E-state index is 12.4. The number of methoxy groups -OCH3 is 1. The van der Waals surface area contributed by atoms with Crippen molar-refractivity contribution in [2.24, 2.45) is 0 Å². The molecule has 1 aromatic rings. The van der Waals surface area contributed by atoms with Crippen molar-refractivity contribution >= 4 is 5.91 Å². The third-order valence-corrected chi connectivity index (χ3v) is 3.96. The molecule has 1 atom stereocenters. The van der Waals surface area contributed by atoms with E-state index in [1.165, 1.54) is 0 Å². The second-order valence-corrected chi connectivity index (χ2v) is 5.48. The molecule has 1 unspecified atom stereocenters. The maximum Gasteiger partial charge on any atom is 0.237 e. The number of rotatable bonds is 6. The molecule has 21 heavy (non-hydrogen) atoms. The second kappa shape index (κ2) is 7.43. The summed E-state index contributed by atoms with van der Waals surface area (Å²) in [7, 11) is 3.50. The van der Waals surface area contributed by atoms with Crippen molar-refractivity contribution in [3.63, 3.8) is 0 Å². The van der Waals surface area contributed by atoms with Crippen LogP contribution in [0.1, 0.15) is 24.4 Å². The molecule has 1 aliphatic rings. The molecule has 1 fully saturated rings. The van der Waals surface area contributed by atoms with Crippen molar-refractivity contribution in [1.29, 1.82) is 0 Å². The Bertz CT molecular complexity index is 461. The van der Waals surface area contributed by atoms with E-state index in [1.807, 2.05) is 41.1 Å². The topological polar surface area (TPSA) is 53.0 Å². The Balaban J connectivity index is 2.03. The minimum absolute atomic E-state index is 0.0751. The summed E-state index contributed by atoms with van der Waals surface area (Å²) >= 11 is 0. The van der Waals surface area contributed by atoms with Gasteiger partial charge < -0.3 is 14.7 Å². The quantitative estimate of drug-likeness (QED) is 0.858. The van der Waals surface area contributed by atoms with E-state index in [9.17, 15) is 4.79 Å². The molecular formula is C16H24N2O3. The number of aliphatic hydroxyl groups is 1. The van der Waals surface area contributed by atoms with Gasteiger partial charge in [0.25, 0.3) is 0 Å². The number of likely N-dealkylation sites (tertiary alicyclic amines) is 1. The molecule has 1 saturated heterocycles. The summed E-state index contributed by atoms with van der Waals surface area (Å²) in [6.07, 6.45) is 2.04. The molecule has 0 spiro atoms. The van der Waals surface area contributed by atoms with Gasteiger partial charge in [-0.2, -0.15) is 0 Å². The van der Waals surface area contributed by atoms with Crippen LogP contribution < -0.4 is 4.74 Å². The molecule has 2 rings (SSSR count). The van der Waals surface area contributed by atoms with E-state index in [2.05, 4.69) is 0 Å². The van der Waals surface area contributed by atoms with Crippen LogP contribution in [0.5, 0.6) is 5.75 Å². The Hall–Kier alpha value is -1.59. The molecule has 5 nitrogen and oxygen atoms in total. The normalized spacial score (nSPS) is 18.3. The third-order valence-electron chi connectivity index (χ3n) is 3.96. The highest BCUT2D eigenvalue weighted by Gasteiger charge is 2.30. The maximum atomic E-state index is 12.4. The summed E-state index contributed by atoms with van der Waals surface area (Å²) in [4.78, 5) is 16.2. The van der Waals surface area contributed by atoms with Gasteiger partial charge in [0, 0.05) is 13.1 Å². The van der Waals surface area contributed by atoms with Crippen molar-refractivity contribution in [1.82, 2.24) is 9.80 Å². The van der Waals surface area contributed by atoms with Gasteiger partial charge in [-0.05, 0) is 37.6 Å². The average Bonchev–Trinajstić information content (AvgIpc) is 2.97. The number of likely N-dealkylation sites (N-methyl/N-ethyl adjacent to an activating group) is 1. The Morgan fingerprint density at radius 3 is 2.76 bits per heavy atom. The van der Waals surface area contributed by atoms with Gasteiger partial charge in [-0.15, -0.1) is 0 Å². The summed E-state index contributed by atoms with van der Waals surface area (Å²) in [5, 5.41) is 8.92. The van der Waals surface area contributed by atoms with Gasteiger partial charge in [-0.1, -0.05) is 12.1 Å². The summed E-state index contributed by atoms with van der Waals surface area (Å²) in [5.41, 5.74) is 1.16. The highest BCUT2D eigenvalue weighted by atomic mass is 16.5. The van der Waals surface area contributed by atoms with Gasteiger partial charge in [-0.25, -0.2) is 0 Å². The lowest BCUT2D eigenvalue weighted by Crippen LogP contribution is -2.39. The summed E-state index contributed by atoms with van der Waals surface area (Å²) < 4.78 is 5.17. The molecule has 0 aliphatic carbocycles. The Morgan fingerprint density at radius 1 is 1.43 bits per heavy atom. The number of hydrogen-bond donors (Lipinski definition) is 1. The Kier molecular flexibility index (Phi) is 5.59. The first-order valence-electron chi connectivity index (χ1n) is 7.38. The molecule has 1 aromatic carbocycles. The zero-order valence-electron chi connectivity index (χ0n) is 12.8. The van der Waals surface area contributed by atoms with E-state index >= 15 is 0 Å². The molecule has 116 valence electrons. The number of carbonyl (C=O) groups is 1. The third kappa shape index (κ3) is 3.95. The first-order chi connectivity index (χ1) is 10.2. The molecule has 1 aliphatic heterocycles. The fraction of sp³-hybridized carbons (Fsp3) is 0.562. The number of aliphatic hydroxyl groups excluding tert-OH is 1. The van der Waals surface area contributed by atoms with E-state index in [0.717, 1.165) is 30.7 Å². The first kappa shape index (κ1) is 15.8. The lowest BCUT2D eigenvalue weighted by molar-refractivity contribution is -0.133. The van der Waals surface area contributed by atoms with Gasteiger partial charge in [0.15, 0.2) is 0 Å². The smallest absolute Gasteiger partial charge is 0.237 e. The van der Waals surface area contributed by atoms with E-state index in [4.69, 9.17) is 9.84 Å². The van der Waals surface area contributed by atoms with E-state index < -0.39 is 0 Å². The molecule has 0 aromatic heterocycles. The summed E-state index contributed by atoms with van der Waals surface area (Å²) in [6.45, 7) is 1.76. The number of carbonyl (C=O) groups excluding carboxylic acids is 1. The summed E-state index contributed by atoms with van der Waals surface area (Å²) in [5.74, 6) is 0.960. The van der Waals surface area contributed by atoms with Gasteiger partial charge in [-0.3, -0.25) is 9.69 Å². The van der Waals surface area contributed by atoms with Crippen LogP contribution in [-0.4, -0.2) is 61.2 Å². The van der Waals surface area contributed by atoms with Crippen molar-refractivity contribution in [2.75, 3.05) is 40.4 Å². The Labute approximate surface area is 126 Å². The standard InChI is InChI=1S/C16H24N2O3/c1-17(10-11-19)12-16(20)18-9-3-4-15(18)13-5-7-14(21-2)8-6-13/h5-8,15,19H,3-4,9-12H2,1-2H3. The average molecular weight is 292 g/mol. The Morgan fingerprint density at radius 2 is 2.14 bits per heavy atom. The van der Waals surface area contributed by atoms with Crippen molar-refractivity contribution in [2.45, 2.75) is 18.9 Å². The number of hydrogen-bond acceptors (Lipinski definition) is 4. The molecule has 1 N–H and O–H groups in total. The lowest BCUT2D eigenvalue weighted by Gasteiger charge is -2.27. The zero-order chi connectivity index (χ0) is 15.2. The SMILES string of the molecule is COc1ccc(C2CCCN2C(=O)CN(C)CCO)cc1. The van der Waals surface area contributed by atoms with Crippen LogP contribution in [-0.2, 0) is 4.79 Å². The highest BCUT2D eigenvalue weighted by Crippen LogP contribution is 2.32. The molecule has 1 amide bonds. The van der Waals surface area contributed by atoms with E-state index in [1.54, 1.807) is 7.11 Å². The van der Waals surface area contributed by atoms with Crippen LogP contribution in [0.4, 0.5) is 0 Å². The number of ether oxygens (including phenoxy) is 1. The van der Waals surface area contributed by atoms with Crippen molar-refractivity contribution in [3.8, 4) is 5.75 Å². The fourth-order valence-electron chi connectivity index (χ4n) is 2.81. The van der Waals surface area contributed by atoms with Crippen LogP contribution >= 0.6 is 0 Å². The van der Waals surface area contributed by atoms with Crippen molar-refractivity contribution < 1.29 is 14.6 Å². The molecule has 5 heteroatoms. The fourth-order valence-corrected chi connectivity index (χ4v) is 2.81.